The first-order valence-electron chi connectivity index (χ1n) is 8.66. The molecule has 3 rings (SSSR count). The van der Waals surface area contributed by atoms with Crippen LogP contribution in [-0.4, -0.2) is 37.3 Å². The normalized spacial score (nSPS) is 17.8. The van der Waals surface area contributed by atoms with Crippen molar-refractivity contribution in [2.75, 3.05) is 0 Å². The SMILES string of the molecule is O=C(C=Cn1cnc(-c2cc(C(F)(F)F)cc(S(F)(F)(F)(F)F)c2)n1)NNC(=O)C1(O)CC1. The quantitative estimate of drug-likeness (QED) is 0.325. The maximum absolute atomic E-state index is 13.1. The second kappa shape index (κ2) is 6.89. The first-order valence-corrected chi connectivity index (χ1v) is 10.6. The lowest BCUT2D eigenvalue weighted by Crippen LogP contribution is -2.46. The highest BCUT2D eigenvalue weighted by Crippen LogP contribution is 3.02. The third-order valence-corrected chi connectivity index (χ3v) is 5.40. The summed E-state index contributed by atoms with van der Waals surface area (Å²) in [4.78, 5) is 23.8. The third kappa shape index (κ3) is 5.98. The van der Waals surface area contributed by atoms with Gasteiger partial charge in [0.1, 0.15) is 16.8 Å². The number of aromatic nitrogens is 3. The van der Waals surface area contributed by atoms with Crippen LogP contribution >= 0.6 is 10.2 Å². The molecule has 3 N–H and O–H groups in total. The maximum atomic E-state index is 13.1. The average molecular weight is 507 g/mol. The van der Waals surface area contributed by atoms with Gasteiger partial charge in [-0.15, -0.1) is 5.10 Å². The summed E-state index contributed by atoms with van der Waals surface area (Å²) in [5, 5.41) is 13.0. The van der Waals surface area contributed by atoms with Crippen LogP contribution in [0.25, 0.3) is 17.6 Å². The molecule has 17 heteroatoms. The van der Waals surface area contributed by atoms with Gasteiger partial charge in [-0.3, -0.25) is 20.4 Å². The standard InChI is InChI=1S/C16H13F8N5O3S/c17-16(18,19)10-5-9(6-11(7-10)33(20,21,22,23)24)13-25-8-29(28-13)4-1-12(30)26-27-14(31)15(32)2-3-15/h1,4-8,32H,2-3H2,(H,26,30)(H,27,31). The van der Waals surface area contributed by atoms with E-state index in [9.17, 15) is 47.3 Å². The zero-order valence-electron chi connectivity index (χ0n) is 15.9. The van der Waals surface area contributed by atoms with Gasteiger partial charge in [-0.2, -0.15) is 13.2 Å². The number of hydrogen-bond donors (Lipinski definition) is 3. The van der Waals surface area contributed by atoms with E-state index in [2.05, 4.69) is 10.1 Å². The molecule has 2 amide bonds. The number of nitrogens with one attached hydrogen (secondary N) is 2. The van der Waals surface area contributed by atoms with E-state index >= 15 is 0 Å². The molecule has 0 bridgehead atoms. The highest BCUT2D eigenvalue weighted by atomic mass is 32.5. The maximum Gasteiger partial charge on any atom is 0.416 e. The minimum atomic E-state index is -10.5. The number of halogens is 8. The van der Waals surface area contributed by atoms with Crippen LogP contribution in [-0.2, 0) is 15.8 Å². The molecule has 2 aromatic rings. The van der Waals surface area contributed by atoms with Crippen molar-refractivity contribution in [2.45, 2.75) is 29.5 Å². The largest absolute Gasteiger partial charge is 0.416 e. The zero-order chi connectivity index (χ0) is 24.9. The number of nitrogens with zero attached hydrogens (tertiary/aromatic N) is 3. The molecule has 0 radical (unpaired) electrons. The molecule has 1 fully saturated rings. The summed E-state index contributed by atoms with van der Waals surface area (Å²) >= 11 is 0. The number of aliphatic hydroxyl groups is 1. The molecular weight excluding hydrogens is 494 g/mol. The Morgan fingerprint density at radius 2 is 1.73 bits per heavy atom. The highest BCUT2D eigenvalue weighted by molar-refractivity contribution is 8.45. The van der Waals surface area contributed by atoms with Crippen molar-refractivity contribution >= 4 is 28.2 Å². The lowest BCUT2D eigenvalue weighted by atomic mass is 10.1. The van der Waals surface area contributed by atoms with Crippen LogP contribution in [0.2, 0.25) is 0 Å². The Bertz CT molecular complexity index is 1160. The van der Waals surface area contributed by atoms with E-state index in [-0.39, 0.29) is 25.0 Å². The van der Waals surface area contributed by atoms with Crippen LogP contribution in [0, 0.1) is 0 Å². The van der Waals surface area contributed by atoms with Crippen molar-refractivity contribution in [1.82, 2.24) is 25.6 Å². The number of alkyl halides is 3. The number of rotatable bonds is 5. The molecular formula is C16H13F8N5O3S. The second-order valence-corrected chi connectivity index (χ2v) is 9.46. The van der Waals surface area contributed by atoms with Crippen LogP contribution < -0.4 is 10.9 Å². The number of carbonyl (C=O) groups excluding carboxylic acids is 2. The van der Waals surface area contributed by atoms with E-state index < -0.39 is 61.7 Å². The Labute approximate surface area is 179 Å². The zero-order valence-corrected chi connectivity index (χ0v) is 16.7. The molecule has 8 nitrogen and oxygen atoms in total. The van der Waals surface area contributed by atoms with Gasteiger partial charge in [0.05, 0.1) is 5.56 Å². The van der Waals surface area contributed by atoms with Crippen molar-refractivity contribution in [1.29, 1.82) is 0 Å². The number of benzene rings is 1. The molecule has 0 atom stereocenters. The Morgan fingerprint density at radius 3 is 2.27 bits per heavy atom. The predicted molar refractivity (Wildman–Crippen MR) is 97.7 cm³/mol. The molecule has 0 unspecified atom stereocenters. The molecule has 0 saturated heterocycles. The molecule has 1 aliphatic rings. The predicted octanol–water partition coefficient (Wildman–Crippen LogP) is 3.76. The van der Waals surface area contributed by atoms with Gasteiger partial charge in [-0.1, -0.05) is 19.4 Å². The first kappa shape index (κ1) is 24.4. The molecule has 0 aliphatic heterocycles. The van der Waals surface area contributed by atoms with Crippen molar-refractivity contribution < 1.29 is 47.3 Å². The second-order valence-electron chi connectivity index (χ2n) is 7.05. The highest BCUT2D eigenvalue weighted by Gasteiger charge is 2.66. The van der Waals surface area contributed by atoms with Crippen molar-refractivity contribution in [3.05, 3.63) is 36.2 Å². The van der Waals surface area contributed by atoms with Crippen LogP contribution in [0.15, 0.2) is 35.5 Å². The van der Waals surface area contributed by atoms with E-state index in [0.717, 1.165) is 18.6 Å². The minimum Gasteiger partial charge on any atom is -0.380 e. The third-order valence-electron chi connectivity index (χ3n) is 4.27. The van der Waals surface area contributed by atoms with Crippen molar-refractivity contribution in [2.24, 2.45) is 0 Å². The van der Waals surface area contributed by atoms with E-state index in [1.807, 2.05) is 10.9 Å². The fourth-order valence-corrected chi connectivity index (χ4v) is 3.06. The van der Waals surface area contributed by atoms with Gasteiger partial charge in [-0.05, 0) is 31.0 Å². The Hall–Kier alpha value is -3.21. The summed E-state index contributed by atoms with van der Waals surface area (Å²) in [6.45, 7) is 0. The number of hydrazine groups is 1. The van der Waals surface area contributed by atoms with Crippen molar-refractivity contribution in [3.63, 3.8) is 0 Å². The summed E-state index contributed by atoms with van der Waals surface area (Å²) in [5.74, 6) is -2.55. The Kier molecular flexibility index (Phi) is 5.10. The molecule has 1 heterocycles. The molecule has 0 spiro atoms. The van der Waals surface area contributed by atoms with Crippen LogP contribution in [0.5, 0.6) is 0 Å². The van der Waals surface area contributed by atoms with E-state index in [4.69, 9.17) is 0 Å². The summed E-state index contributed by atoms with van der Waals surface area (Å²) in [6.07, 6.45) is -2.54. The monoisotopic (exact) mass is 507 g/mol. The minimum absolute atomic E-state index is 0.168. The fraction of sp³-hybridized carbons (Fsp3) is 0.250. The number of amides is 2. The Balaban J connectivity index is 1.82. The number of hydrogen-bond acceptors (Lipinski definition) is 5. The van der Waals surface area contributed by atoms with Gasteiger partial charge in [0.25, 0.3) is 11.8 Å². The van der Waals surface area contributed by atoms with E-state index in [1.54, 1.807) is 0 Å². The van der Waals surface area contributed by atoms with E-state index in [0.29, 0.717) is 4.68 Å². The molecule has 1 saturated carbocycles. The van der Waals surface area contributed by atoms with Crippen LogP contribution in [0.1, 0.15) is 18.4 Å². The average Bonchev–Trinajstić information content (AvgIpc) is 3.24. The van der Waals surface area contributed by atoms with Gasteiger partial charge in [0, 0.05) is 17.8 Å². The first-order chi connectivity index (χ1) is 14.8. The van der Waals surface area contributed by atoms with Crippen LogP contribution in [0.3, 0.4) is 0 Å². The smallest absolute Gasteiger partial charge is 0.380 e. The van der Waals surface area contributed by atoms with E-state index in [1.165, 1.54) is 0 Å². The molecule has 182 valence electrons. The summed E-state index contributed by atoms with van der Waals surface area (Å²) in [6, 6.07) is -0.731. The lowest BCUT2D eigenvalue weighted by molar-refractivity contribution is -0.137. The summed E-state index contributed by atoms with van der Waals surface area (Å²) in [7, 11) is -10.5. The summed E-state index contributed by atoms with van der Waals surface area (Å²) in [5.41, 5.74) is -0.681. The molecule has 1 aromatic heterocycles. The van der Waals surface area contributed by atoms with Gasteiger partial charge in [-0.25, -0.2) is 9.67 Å². The summed E-state index contributed by atoms with van der Waals surface area (Å²) < 4.78 is 105. The lowest BCUT2D eigenvalue weighted by Gasteiger charge is -2.40. The Morgan fingerprint density at radius 1 is 1.09 bits per heavy atom. The fourth-order valence-electron chi connectivity index (χ4n) is 2.36. The van der Waals surface area contributed by atoms with Gasteiger partial charge < -0.3 is 5.11 Å². The molecule has 1 aliphatic carbocycles. The molecule has 1 aromatic carbocycles. The van der Waals surface area contributed by atoms with Gasteiger partial charge in [0.2, 0.25) is 0 Å². The molecule has 33 heavy (non-hydrogen) atoms. The van der Waals surface area contributed by atoms with Gasteiger partial charge >= 0.3 is 16.4 Å². The van der Waals surface area contributed by atoms with Crippen LogP contribution in [0.4, 0.5) is 32.6 Å². The topological polar surface area (TPSA) is 109 Å². The van der Waals surface area contributed by atoms with Crippen molar-refractivity contribution in [3.8, 4) is 11.4 Å². The van der Waals surface area contributed by atoms with Gasteiger partial charge in [0.15, 0.2) is 5.82 Å². The number of carbonyl (C=O) groups is 2.